The molecule has 0 spiro atoms. The smallest absolute Gasteiger partial charge is 0.261 e. The van der Waals surface area contributed by atoms with Crippen LogP contribution >= 0.6 is 0 Å². The molecule has 0 radical (unpaired) electrons. The lowest BCUT2D eigenvalue weighted by Gasteiger charge is -2.15. The average Bonchev–Trinajstić information content (AvgIpc) is 2.73. The third-order valence-electron chi connectivity index (χ3n) is 4.64. The molecule has 0 aromatic heterocycles. The van der Waals surface area contributed by atoms with E-state index in [-0.39, 0.29) is 22.4 Å². The van der Waals surface area contributed by atoms with Crippen molar-refractivity contribution in [2.75, 3.05) is 11.8 Å². The average molecular weight is 425 g/mol. The van der Waals surface area contributed by atoms with E-state index in [1.165, 1.54) is 12.1 Å². The van der Waals surface area contributed by atoms with Crippen molar-refractivity contribution in [2.24, 2.45) is 0 Å². The number of methoxy groups -OCH3 is 1. The second-order valence-corrected chi connectivity index (χ2v) is 8.65. The molecular formula is C23H24N2O4S. The zero-order chi connectivity index (χ0) is 21.7. The van der Waals surface area contributed by atoms with Crippen LogP contribution in [0.4, 0.5) is 5.69 Å². The number of ether oxygens (including phenoxy) is 1. The fraction of sp³-hybridized carbons (Fsp3) is 0.174. The third-order valence-corrected chi connectivity index (χ3v) is 6.02. The van der Waals surface area contributed by atoms with Crippen LogP contribution in [-0.2, 0) is 10.0 Å². The summed E-state index contributed by atoms with van der Waals surface area (Å²) in [6.45, 7) is 3.74. The third kappa shape index (κ3) is 5.18. The number of carbonyl (C=O) groups excluding carboxylic acids is 1. The van der Waals surface area contributed by atoms with Crippen LogP contribution < -0.4 is 14.8 Å². The van der Waals surface area contributed by atoms with Crippen molar-refractivity contribution >= 4 is 21.6 Å². The Hall–Kier alpha value is -3.32. The molecule has 30 heavy (non-hydrogen) atoms. The molecule has 0 aliphatic heterocycles. The maximum atomic E-state index is 12.7. The molecular weight excluding hydrogens is 400 g/mol. The van der Waals surface area contributed by atoms with Crippen molar-refractivity contribution in [3.63, 3.8) is 0 Å². The molecule has 3 aromatic rings. The summed E-state index contributed by atoms with van der Waals surface area (Å²) in [6.07, 6.45) is 0. The fourth-order valence-corrected chi connectivity index (χ4v) is 4.08. The minimum atomic E-state index is -3.82. The molecule has 0 heterocycles. The maximum absolute atomic E-state index is 12.7. The van der Waals surface area contributed by atoms with E-state index in [1.54, 1.807) is 37.4 Å². The van der Waals surface area contributed by atoms with Gasteiger partial charge in [0.25, 0.3) is 15.9 Å². The van der Waals surface area contributed by atoms with Crippen LogP contribution in [-0.4, -0.2) is 21.4 Å². The molecule has 6 nitrogen and oxygen atoms in total. The first-order chi connectivity index (χ1) is 14.3. The normalized spacial score (nSPS) is 12.1. The highest BCUT2D eigenvalue weighted by Crippen LogP contribution is 2.20. The molecule has 0 aliphatic rings. The van der Waals surface area contributed by atoms with Gasteiger partial charge in [-0.2, -0.15) is 0 Å². The lowest BCUT2D eigenvalue weighted by Crippen LogP contribution is -2.27. The Morgan fingerprint density at radius 1 is 0.967 bits per heavy atom. The van der Waals surface area contributed by atoms with Crippen molar-refractivity contribution in [3.05, 3.63) is 89.5 Å². The van der Waals surface area contributed by atoms with E-state index >= 15 is 0 Å². The largest absolute Gasteiger partial charge is 0.497 e. The van der Waals surface area contributed by atoms with Gasteiger partial charge in [0.1, 0.15) is 5.75 Å². The van der Waals surface area contributed by atoms with Crippen LogP contribution in [0, 0.1) is 6.92 Å². The SMILES string of the molecule is COc1ccc([C@H](C)NC(=O)c2cccc(S(=O)(=O)Nc3cccc(C)c3)c2)cc1. The summed E-state index contributed by atoms with van der Waals surface area (Å²) in [4.78, 5) is 12.7. The van der Waals surface area contributed by atoms with Crippen molar-refractivity contribution in [3.8, 4) is 5.75 Å². The van der Waals surface area contributed by atoms with Crippen LogP contribution in [0.2, 0.25) is 0 Å². The molecule has 2 N–H and O–H groups in total. The number of sulfonamides is 1. The van der Waals surface area contributed by atoms with Crippen molar-refractivity contribution in [1.29, 1.82) is 0 Å². The highest BCUT2D eigenvalue weighted by atomic mass is 32.2. The second-order valence-electron chi connectivity index (χ2n) is 6.97. The predicted octanol–water partition coefficient (Wildman–Crippen LogP) is 4.30. The van der Waals surface area contributed by atoms with Gasteiger partial charge in [-0.15, -0.1) is 0 Å². The van der Waals surface area contributed by atoms with Gasteiger partial charge < -0.3 is 10.1 Å². The van der Waals surface area contributed by atoms with Gasteiger partial charge in [-0.25, -0.2) is 8.42 Å². The van der Waals surface area contributed by atoms with Gasteiger partial charge in [0, 0.05) is 11.3 Å². The first-order valence-corrected chi connectivity index (χ1v) is 10.9. The van der Waals surface area contributed by atoms with Crippen molar-refractivity contribution in [1.82, 2.24) is 5.32 Å². The Kier molecular flexibility index (Phi) is 6.42. The van der Waals surface area contributed by atoms with Crippen molar-refractivity contribution in [2.45, 2.75) is 24.8 Å². The van der Waals surface area contributed by atoms with E-state index < -0.39 is 10.0 Å². The van der Waals surface area contributed by atoms with Gasteiger partial charge in [0.05, 0.1) is 18.0 Å². The summed E-state index contributed by atoms with van der Waals surface area (Å²) in [5.41, 5.74) is 2.59. The predicted molar refractivity (Wildman–Crippen MR) is 117 cm³/mol. The van der Waals surface area contributed by atoms with E-state index in [0.717, 1.165) is 16.9 Å². The fourth-order valence-electron chi connectivity index (χ4n) is 2.98. The number of aryl methyl sites for hydroxylation is 1. The van der Waals surface area contributed by atoms with Gasteiger partial charge in [-0.1, -0.05) is 30.3 Å². The number of hydrogen-bond donors (Lipinski definition) is 2. The van der Waals surface area contributed by atoms with Gasteiger partial charge in [0.2, 0.25) is 0 Å². The number of anilines is 1. The molecule has 0 aliphatic carbocycles. The number of carbonyl (C=O) groups is 1. The molecule has 1 amide bonds. The lowest BCUT2D eigenvalue weighted by atomic mass is 10.1. The number of amides is 1. The summed E-state index contributed by atoms with van der Waals surface area (Å²) >= 11 is 0. The molecule has 156 valence electrons. The number of nitrogens with one attached hydrogen (secondary N) is 2. The summed E-state index contributed by atoms with van der Waals surface area (Å²) in [7, 11) is -2.23. The van der Waals surface area contributed by atoms with Gasteiger partial charge in [-0.3, -0.25) is 9.52 Å². The summed E-state index contributed by atoms with van der Waals surface area (Å²) in [5.74, 6) is 0.377. The monoisotopic (exact) mass is 424 g/mol. The minimum Gasteiger partial charge on any atom is -0.497 e. The van der Waals surface area contributed by atoms with E-state index in [1.807, 2.05) is 44.2 Å². The lowest BCUT2D eigenvalue weighted by molar-refractivity contribution is 0.0939. The summed E-state index contributed by atoms with van der Waals surface area (Å²) in [6, 6.07) is 20.2. The Labute approximate surface area is 177 Å². The number of rotatable bonds is 7. The Balaban J connectivity index is 1.75. The standard InChI is InChI=1S/C23H24N2O4S/c1-16-6-4-8-20(14-16)25-30(27,28)22-9-5-7-19(15-22)23(26)24-17(2)18-10-12-21(29-3)13-11-18/h4-15,17,25H,1-3H3,(H,24,26)/t17-/m0/s1. The molecule has 0 fully saturated rings. The van der Waals surface area contributed by atoms with E-state index in [2.05, 4.69) is 10.0 Å². The van der Waals surface area contributed by atoms with Gasteiger partial charge in [0.15, 0.2) is 0 Å². The van der Waals surface area contributed by atoms with Crippen LogP contribution in [0.5, 0.6) is 5.75 Å². The van der Waals surface area contributed by atoms with E-state index in [9.17, 15) is 13.2 Å². The van der Waals surface area contributed by atoms with Gasteiger partial charge in [-0.05, 0) is 67.4 Å². The zero-order valence-electron chi connectivity index (χ0n) is 17.0. The Morgan fingerprint density at radius 2 is 1.67 bits per heavy atom. The van der Waals surface area contributed by atoms with Crippen molar-refractivity contribution < 1.29 is 17.9 Å². The highest BCUT2D eigenvalue weighted by Gasteiger charge is 2.18. The minimum absolute atomic E-state index is 0.0220. The van der Waals surface area contributed by atoms with Crippen LogP contribution in [0.3, 0.4) is 0 Å². The molecule has 0 unspecified atom stereocenters. The van der Waals surface area contributed by atoms with Crippen LogP contribution in [0.1, 0.15) is 34.5 Å². The molecule has 3 aromatic carbocycles. The molecule has 1 atom stereocenters. The van der Waals surface area contributed by atoms with Crippen LogP contribution in [0.25, 0.3) is 0 Å². The first-order valence-electron chi connectivity index (χ1n) is 9.43. The number of hydrogen-bond acceptors (Lipinski definition) is 4. The zero-order valence-corrected chi connectivity index (χ0v) is 17.9. The molecule has 0 bridgehead atoms. The molecule has 7 heteroatoms. The Morgan fingerprint density at radius 3 is 2.33 bits per heavy atom. The quantitative estimate of drug-likeness (QED) is 0.592. The van der Waals surface area contributed by atoms with Crippen LogP contribution in [0.15, 0.2) is 77.7 Å². The maximum Gasteiger partial charge on any atom is 0.261 e. The topological polar surface area (TPSA) is 84.5 Å². The molecule has 0 saturated heterocycles. The number of benzene rings is 3. The first kappa shape index (κ1) is 21.4. The second kappa shape index (κ2) is 9.00. The molecule has 3 rings (SSSR count). The van der Waals surface area contributed by atoms with E-state index in [0.29, 0.717) is 5.69 Å². The van der Waals surface area contributed by atoms with Gasteiger partial charge >= 0.3 is 0 Å². The summed E-state index contributed by atoms with van der Waals surface area (Å²) < 4.78 is 33.2. The Bertz CT molecular complexity index is 1140. The highest BCUT2D eigenvalue weighted by molar-refractivity contribution is 7.92. The molecule has 0 saturated carbocycles. The summed E-state index contributed by atoms with van der Waals surface area (Å²) in [5, 5.41) is 2.89. The van der Waals surface area contributed by atoms with E-state index in [4.69, 9.17) is 4.74 Å².